The van der Waals surface area contributed by atoms with E-state index in [9.17, 15) is 18.0 Å². The van der Waals surface area contributed by atoms with Crippen LogP contribution in [0, 0.1) is 5.92 Å². The first-order valence-corrected chi connectivity index (χ1v) is 6.26. The Labute approximate surface area is 105 Å². The third-order valence-electron chi connectivity index (χ3n) is 3.17. The first-order chi connectivity index (χ1) is 8.29. The quantitative estimate of drug-likeness (QED) is 0.786. The minimum absolute atomic E-state index is 0.339. The summed E-state index contributed by atoms with van der Waals surface area (Å²) < 4.78 is 40.5. The van der Waals surface area contributed by atoms with Gasteiger partial charge in [0.1, 0.15) is 12.7 Å². The molecule has 3 nitrogen and oxygen atoms in total. The largest absolute Gasteiger partial charge is 0.411 e. The smallest absolute Gasteiger partial charge is 0.359 e. The van der Waals surface area contributed by atoms with Crippen molar-refractivity contribution in [2.75, 3.05) is 19.7 Å². The number of hydrogen-bond acceptors (Lipinski definition) is 2. The van der Waals surface area contributed by atoms with Gasteiger partial charge in [0.2, 0.25) is 0 Å². The van der Waals surface area contributed by atoms with Crippen LogP contribution in [-0.2, 0) is 9.53 Å². The molecule has 1 aliphatic rings. The number of carbonyl (C=O) groups excluding carboxylic acids is 1. The standard InChI is InChI=1S/C12H20F3NO2/c1-9-4-3-6-16(7-5-9)11(17)10(2)18-8-12(13,14)15/h9-10H,3-8H2,1-2H3. The Kier molecular flexibility index (Phi) is 5.44. The van der Waals surface area contributed by atoms with Crippen LogP contribution in [0.4, 0.5) is 13.2 Å². The molecule has 6 heteroatoms. The molecule has 0 bridgehead atoms. The van der Waals surface area contributed by atoms with E-state index in [2.05, 4.69) is 11.7 Å². The molecule has 0 radical (unpaired) electrons. The maximum absolute atomic E-state index is 12.0. The van der Waals surface area contributed by atoms with Gasteiger partial charge in [0, 0.05) is 13.1 Å². The summed E-state index contributed by atoms with van der Waals surface area (Å²) in [6, 6.07) is 0. The highest BCUT2D eigenvalue weighted by Crippen LogP contribution is 2.19. The summed E-state index contributed by atoms with van der Waals surface area (Å²) in [4.78, 5) is 13.5. The second-order valence-corrected chi connectivity index (χ2v) is 4.93. The molecule has 0 aromatic rings. The summed E-state index contributed by atoms with van der Waals surface area (Å²) in [6.45, 7) is 3.35. The molecule has 106 valence electrons. The van der Waals surface area contributed by atoms with Gasteiger partial charge in [0.15, 0.2) is 0 Å². The van der Waals surface area contributed by atoms with Crippen molar-refractivity contribution < 1.29 is 22.7 Å². The van der Waals surface area contributed by atoms with Crippen molar-refractivity contribution in [3.8, 4) is 0 Å². The van der Waals surface area contributed by atoms with E-state index >= 15 is 0 Å². The molecule has 1 rings (SSSR count). The SMILES string of the molecule is CC1CCCN(C(=O)C(C)OCC(F)(F)F)CC1. The highest BCUT2D eigenvalue weighted by Gasteiger charge is 2.31. The maximum Gasteiger partial charge on any atom is 0.411 e. The molecule has 1 amide bonds. The maximum atomic E-state index is 12.0. The lowest BCUT2D eigenvalue weighted by atomic mass is 10.0. The zero-order valence-corrected chi connectivity index (χ0v) is 10.8. The Balaban J connectivity index is 2.42. The molecular weight excluding hydrogens is 247 g/mol. The van der Waals surface area contributed by atoms with Crippen LogP contribution in [0.1, 0.15) is 33.1 Å². The van der Waals surface area contributed by atoms with Gasteiger partial charge in [-0.05, 0) is 32.1 Å². The zero-order valence-electron chi connectivity index (χ0n) is 10.8. The minimum atomic E-state index is -4.39. The van der Waals surface area contributed by atoms with Crippen LogP contribution >= 0.6 is 0 Å². The third-order valence-corrected chi connectivity index (χ3v) is 3.17. The fraction of sp³-hybridized carbons (Fsp3) is 0.917. The highest BCUT2D eigenvalue weighted by atomic mass is 19.4. The van der Waals surface area contributed by atoms with E-state index < -0.39 is 18.9 Å². The van der Waals surface area contributed by atoms with Crippen LogP contribution in [0.25, 0.3) is 0 Å². The van der Waals surface area contributed by atoms with Crippen molar-refractivity contribution in [2.45, 2.75) is 45.4 Å². The van der Waals surface area contributed by atoms with Crippen LogP contribution in [0.3, 0.4) is 0 Å². The Morgan fingerprint density at radius 2 is 2.06 bits per heavy atom. The summed E-state index contributed by atoms with van der Waals surface area (Å²) >= 11 is 0. The molecule has 2 atom stereocenters. The summed E-state index contributed by atoms with van der Waals surface area (Å²) in [7, 11) is 0. The van der Waals surface area contributed by atoms with Gasteiger partial charge >= 0.3 is 6.18 Å². The second-order valence-electron chi connectivity index (χ2n) is 4.93. The summed E-state index contributed by atoms with van der Waals surface area (Å²) in [5, 5.41) is 0. The normalized spacial score (nSPS) is 23.6. The Morgan fingerprint density at radius 1 is 1.39 bits per heavy atom. The predicted octanol–water partition coefficient (Wildman–Crippen LogP) is 2.60. The fourth-order valence-electron chi connectivity index (χ4n) is 2.03. The predicted molar refractivity (Wildman–Crippen MR) is 61.1 cm³/mol. The van der Waals surface area contributed by atoms with Gasteiger partial charge in [-0.2, -0.15) is 13.2 Å². The number of hydrogen-bond donors (Lipinski definition) is 0. The topological polar surface area (TPSA) is 29.5 Å². The lowest BCUT2D eigenvalue weighted by Gasteiger charge is -2.24. The van der Waals surface area contributed by atoms with Crippen molar-refractivity contribution in [1.29, 1.82) is 0 Å². The molecule has 0 spiro atoms. The molecule has 1 saturated heterocycles. The average Bonchev–Trinajstić information content (AvgIpc) is 2.49. The molecule has 0 N–H and O–H groups in total. The van der Waals surface area contributed by atoms with E-state index in [1.165, 1.54) is 6.92 Å². The van der Waals surface area contributed by atoms with Crippen LogP contribution in [0.5, 0.6) is 0 Å². The van der Waals surface area contributed by atoms with Gasteiger partial charge in [-0.1, -0.05) is 6.92 Å². The van der Waals surface area contributed by atoms with E-state index in [4.69, 9.17) is 0 Å². The van der Waals surface area contributed by atoms with Crippen LogP contribution in [0.15, 0.2) is 0 Å². The Bertz CT molecular complexity index is 281. The third kappa shape index (κ3) is 5.25. The van der Waals surface area contributed by atoms with Gasteiger partial charge in [0.25, 0.3) is 5.91 Å². The number of ether oxygens (including phenoxy) is 1. The zero-order chi connectivity index (χ0) is 13.8. The number of amides is 1. The van der Waals surface area contributed by atoms with Crippen molar-refractivity contribution in [2.24, 2.45) is 5.92 Å². The number of likely N-dealkylation sites (tertiary alicyclic amines) is 1. The molecule has 1 heterocycles. The van der Waals surface area contributed by atoms with Gasteiger partial charge in [0.05, 0.1) is 0 Å². The van der Waals surface area contributed by atoms with Gasteiger partial charge in [-0.3, -0.25) is 4.79 Å². The summed E-state index contributed by atoms with van der Waals surface area (Å²) in [5.74, 6) is 0.225. The van der Waals surface area contributed by atoms with Crippen LogP contribution < -0.4 is 0 Å². The van der Waals surface area contributed by atoms with E-state index in [-0.39, 0.29) is 5.91 Å². The fourth-order valence-corrected chi connectivity index (χ4v) is 2.03. The Hall–Kier alpha value is -0.780. The Morgan fingerprint density at radius 3 is 2.67 bits per heavy atom. The number of nitrogens with zero attached hydrogens (tertiary/aromatic N) is 1. The van der Waals surface area contributed by atoms with Crippen LogP contribution in [-0.4, -0.2) is 42.8 Å². The average molecular weight is 267 g/mol. The summed E-state index contributed by atoms with van der Waals surface area (Å²) in [6.07, 6.45) is -2.56. The lowest BCUT2D eigenvalue weighted by molar-refractivity contribution is -0.188. The van der Waals surface area contributed by atoms with Crippen molar-refractivity contribution >= 4 is 5.91 Å². The molecule has 0 aromatic carbocycles. The lowest BCUT2D eigenvalue weighted by Crippen LogP contribution is -2.40. The van der Waals surface area contributed by atoms with Crippen molar-refractivity contribution in [3.05, 3.63) is 0 Å². The number of alkyl halides is 3. The summed E-state index contributed by atoms with van der Waals surface area (Å²) in [5.41, 5.74) is 0. The molecule has 1 fully saturated rings. The molecule has 0 aromatic heterocycles. The first kappa shape index (κ1) is 15.3. The van der Waals surface area contributed by atoms with Crippen LogP contribution in [0.2, 0.25) is 0 Å². The highest BCUT2D eigenvalue weighted by molar-refractivity contribution is 5.80. The first-order valence-electron chi connectivity index (χ1n) is 6.26. The second kappa shape index (κ2) is 6.41. The number of halogens is 3. The monoisotopic (exact) mass is 267 g/mol. The molecule has 18 heavy (non-hydrogen) atoms. The molecule has 0 saturated carbocycles. The van der Waals surface area contributed by atoms with E-state index in [0.717, 1.165) is 19.3 Å². The number of rotatable bonds is 3. The van der Waals surface area contributed by atoms with E-state index in [1.54, 1.807) is 4.90 Å². The molecule has 0 aliphatic carbocycles. The van der Waals surface area contributed by atoms with Gasteiger partial charge in [-0.15, -0.1) is 0 Å². The minimum Gasteiger partial charge on any atom is -0.359 e. The van der Waals surface area contributed by atoms with Gasteiger partial charge in [-0.25, -0.2) is 0 Å². The number of carbonyl (C=O) groups is 1. The van der Waals surface area contributed by atoms with E-state index in [0.29, 0.717) is 19.0 Å². The molecular formula is C12H20F3NO2. The molecule has 2 unspecified atom stereocenters. The molecule has 1 aliphatic heterocycles. The van der Waals surface area contributed by atoms with Crippen molar-refractivity contribution in [1.82, 2.24) is 4.90 Å². The van der Waals surface area contributed by atoms with Gasteiger partial charge < -0.3 is 9.64 Å². The van der Waals surface area contributed by atoms with E-state index in [1.807, 2.05) is 0 Å². The van der Waals surface area contributed by atoms with Crippen molar-refractivity contribution in [3.63, 3.8) is 0 Å².